The molecule has 1 rings (SSSR count). The van der Waals surface area contributed by atoms with Crippen molar-refractivity contribution in [2.24, 2.45) is 16.6 Å². The highest BCUT2D eigenvalue weighted by molar-refractivity contribution is 14.0. The normalized spacial score (nSPS) is 22.4. The summed E-state index contributed by atoms with van der Waals surface area (Å²) in [7, 11) is 1.69. The Kier molecular flexibility index (Phi) is 10.6. The van der Waals surface area contributed by atoms with Crippen LogP contribution in [0.5, 0.6) is 0 Å². The van der Waals surface area contributed by atoms with Crippen molar-refractivity contribution in [1.82, 2.24) is 10.2 Å². The van der Waals surface area contributed by atoms with Crippen molar-refractivity contribution in [3.63, 3.8) is 0 Å². The molecule has 1 saturated heterocycles. The van der Waals surface area contributed by atoms with Gasteiger partial charge < -0.3 is 20.7 Å². The number of halogens is 1. The molecule has 0 aromatic heterocycles. The van der Waals surface area contributed by atoms with Gasteiger partial charge in [-0.3, -0.25) is 4.99 Å². The molecule has 0 radical (unpaired) electrons. The van der Waals surface area contributed by atoms with Gasteiger partial charge in [-0.1, -0.05) is 0 Å². The highest BCUT2D eigenvalue weighted by Crippen LogP contribution is 2.18. The summed E-state index contributed by atoms with van der Waals surface area (Å²) in [5.41, 5.74) is 5.89. The zero-order chi connectivity index (χ0) is 14.3. The molecule has 0 spiro atoms. The fourth-order valence-corrected chi connectivity index (χ4v) is 2.53. The summed E-state index contributed by atoms with van der Waals surface area (Å²) in [6.45, 7) is 10.4. The Labute approximate surface area is 140 Å². The number of hydrogen-bond acceptors (Lipinski definition) is 3. The SMILES string of the molecule is COCC(C)NC(N)=NCC1CCCN(C(C)C)C1.I. The smallest absolute Gasteiger partial charge is 0.188 e. The Morgan fingerprint density at radius 3 is 2.75 bits per heavy atom. The maximum atomic E-state index is 5.89. The van der Waals surface area contributed by atoms with Gasteiger partial charge in [0.25, 0.3) is 0 Å². The molecule has 2 unspecified atom stereocenters. The first-order valence-electron chi connectivity index (χ1n) is 7.32. The van der Waals surface area contributed by atoms with Gasteiger partial charge in [0.15, 0.2) is 5.96 Å². The number of ether oxygens (including phenoxy) is 1. The van der Waals surface area contributed by atoms with E-state index in [1.54, 1.807) is 7.11 Å². The van der Waals surface area contributed by atoms with Crippen molar-refractivity contribution in [2.75, 3.05) is 33.4 Å². The van der Waals surface area contributed by atoms with E-state index in [0.717, 1.165) is 13.1 Å². The summed E-state index contributed by atoms with van der Waals surface area (Å²) in [5.74, 6) is 1.17. The second-order valence-corrected chi connectivity index (χ2v) is 5.82. The zero-order valence-corrected chi connectivity index (χ0v) is 15.6. The van der Waals surface area contributed by atoms with E-state index in [-0.39, 0.29) is 30.0 Å². The Balaban J connectivity index is 0.00000361. The highest BCUT2D eigenvalue weighted by atomic mass is 127. The quantitative estimate of drug-likeness (QED) is 0.406. The number of rotatable bonds is 6. The number of guanidine groups is 1. The first-order chi connectivity index (χ1) is 9.02. The third-order valence-corrected chi connectivity index (χ3v) is 3.61. The van der Waals surface area contributed by atoms with Crippen molar-refractivity contribution in [2.45, 2.75) is 45.7 Å². The van der Waals surface area contributed by atoms with Crippen molar-refractivity contribution in [3.8, 4) is 0 Å². The predicted octanol–water partition coefficient (Wildman–Crippen LogP) is 1.66. The molecule has 2 atom stereocenters. The number of piperidine rings is 1. The Bertz CT molecular complexity index is 286. The van der Waals surface area contributed by atoms with Gasteiger partial charge in [0.05, 0.1) is 6.61 Å². The average Bonchev–Trinajstić information content (AvgIpc) is 2.37. The van der Waals surface area contributed by atoms with Gasteiger partial charge in [-0.05, 0) is 46.1 Å². The molecule has 1 heterocycles. The van der Waals surface area contributed by atoms with Crippen molar-refractivity contribution < 1.29 is 4.74 Å². The van der Waals surface area contributed by atoms with E-state index < -0.39 is 0 Å². The maximum Gasteiger partial charge on any atom is 0.188 e. The lowest BCUT2D eigenvalue weighted by Gasteiger charge is -2.34. The van der Waals surface area contributed by atoms with Crippen LogP contribution < -0.4 is 11.1 Å². The molecule has 120 valence electrons. The summed E-state index contributed by atoms with van der Waals surface area (Å²) < 4.78 is 5.06. The van der Waals surface area contributed by atoms with Gasteiger partial charge in [-0.2, -0.15) is 0 Å². The van der Waals surface area contributed by atoms with Gasteiger partial charge in [0.2, 0.25) is 0 Å². The predicted molar refractivity (Wildman–Crippen MR) is 95.8 cm³/mol. The van der Waals surface area contributed by atoms with Gasteiger partial charge >= 0.3 is 0 Å². The number of hydrogen-bond donors (Lipinski definition) is 2. The Morgan fingerprint density at radius 1 is 1.45 bits per heavy atom. The topological polar surface area (TPSA) is 62.9 Å². The minimum Gasteiger partial charge on any atom is -0.383 e. The molecule has 1 fully saturated rings. The van der Waals surface area contributed by atoms with E-state index >= 15 is 0 Å². The Morgan fingerprint density at radius 2 is 2.15 bits per heavy atom. The van der Waals surface area contributed by atoms with Crippen LogP contribution >= 0.6 is 24.0 Å². The lowest BCUT2D eigenvalue weighted by atomic mass is 9.97. The highest BCUT2D eigenvalue weighted by Gasteiger charge is 2.21. The number of likely N-dealkylation sites (tertiary alicyclic amines) is 1. The molecule has 1 aliphatic heterocycles. The molecule has 1 aliphatic rings. The van der Waals surface area contributed by atoms with Crippen LogP contribution in [0.1, 0.15) is 33.6 Å². The molecule has 0 aromatic rings. The maximum absolute atomic E-state index is 5.89. The van der Waals surface area contributed by atoms with Crippen LogP contribution in [-0.2, 0) is 4.74 Å². The van der Waals surface area contributed by atoms with Crippen LogP contribution in [0.15, 0.2) is 4.99 Å². The molecule has 0 saturated carbocycles. The third kappa shape index (κ3) is 7.64. The molecule has 6 heteroatoms. The van der Waals surface area contributed by atoms with Crippen LogP contribution in [0.2, 0.25) is 0 Å². The van der Waals surface area contributed by atoms with Crippen LogP contribution in [-0.4, -0.2) is 56.3 Å². The molecule has 0 amide bonds. The number of nitrogens with one attached hydrogen (secondary N) is 1. The molecule has 0 aromatic carbocycles. The number of nitrogens with zero attached hydrogens (tertiary/aromatic N) is 2. The second-order valence-electron chi connectivity index (χ2n) is 5.82. The van der Waals surface area contributed by atoms with E-state index in [1.807, 2.05) is 6.92 Å². The summed E-state index contributed by atoms with van der Waals surface area (Å²) in [5, 5.41) is 3.14. The van der Waals surface area contributed by atoms with Crippen molar-refractivity contribution in [1.29, 1.82) is 0 Å². The molecule has 3 N–H and O–H groups in total. The largest absolute Gasteiger partial charge is 0.383 e. The number of aliphatic imine (C=N–C) groups is 1. The monoisotopic (exact) mass is 398 g/mol. The lowest BCUT2D eigenvalue weighted by molar-refractivity contribution is 0.143. The second kappa shape index (κ2) is 10.6. The molecular weight excluding hydrogens is 367 g/mol. The summed E-state index contributed by atoms with van der Waals surface area (Å²) in [6.07, 6.45) is 2.53. The van der Waals surface area contributed by atoms with Crippen LogP contribution in [0.25, 0.3) is 0 Å². The zero-order valence-electron chi connectivity index (χ0n) is 13.3. The number of methoxy groups -OCH3 is 1. The fourth-order valence-electron chi connectivity index (χ4n) is 2.53. The van der Waals surface area contributed by atoms with Crippen LogP contribution in [0, 0.1) is 5.92 Å². The van der Waals surface area contributed by atoms with E-state index in [1.165, 1.54) is 19.4 Å². The Hall–Kier alpha value is -0.0800. The van der Waals surface area contributed by atoms with Crippen LogP contribution in [0.3, 0.4) is 0 Å². The standard InChI is InChI=1S/C14H30N4O.HI/c1-11(2)18-7-5-6-13(9-18)8-16-14(15)17-12(3)10-19-4;/h11-13H,5-10H2,1-4H3,(H3,15,16,17);1H. The molecule has 0 aliphatic carbocycles. The van der Waals surface area contributed by atoms with E-state index in [4.69, 9.17) is 10.5 Å². The van der Waals surface area contributed by atoms with Gasteiger partial charge in [-0.25, -0.2) is 0 Å². The third-order valence-electron chi connectivity index (χ3n) is 3.61. The first-order valence-corrected chi connectivity index (χ1v) is 7.32. The van der Waals surface area contributed by atoms with E-state index in [9.17, 15) is 0 Å². The van der Waals surface area contributed by atoms with Crippen LogP contribution in [0.4, 0.5) is 0 Å². The molecular formula is C14H31IN4O. The van der Waals surface area contributed by atoms with Gasteiger partial charge in [0, 0.05) is 32.3 Å². The molecule has 20 heavy (non-hydrogen) atoms. The van der Waals surface area contributed by atoms with E-state index in [2.05, 4.69) is 29.1 Å². The van der Waals surface area contributed by atoms with Gasteiger partial charge in [0.1, 0.15) is 0 Å². The molecule has 0 bridgehead atoms. The summed E-state index contributed by atoms with van der Waals surface area (Å²) >= 11 is 0. The summed E-state index contributed by atoms with van der Waals surface area (Å²) in [6, 6.07) is 0.830. The first kappa shape index (κ1) is 19.9. The lowest BCUT2D eigenvalue weighted by Crippen LogP contribution is -2.43. The van der Waals surface area contributed by atoms with Crippen molar-refractivity contribution >= 4 is 29.9 Å². The average molecular weight is 398 g/mol. The minimum absolute atomic E-state index is 0. The summed E-state index contributed by atoms with van der Waals surface area (Å²) in [4.78, 5) is 6.99. The minimum atomic E-state index is 0. The van der Waals surface area contributed by atoms with Gasteiger partial charge in [-0.15, -0.1) is 24.0 Å². The molecule has 5 nitrogen and oxygen atoms in total. The van der Waals surface area contributed by atoms with E-state index in [0.29, 0.717) is 24.5 Å². The van der Waals surface area contributed by atoms with Crippen molar-refractivity contribution in [3.05, 3.63) is 0 Å². The number of nitrogens with two attached hydrogens (primary N) is 1. The fraction of sp³-hybridized carbons (Fsp3) is 0.929.